The molecule has 0 saturated carbocycles. The van der Waals surface area contributed by atoms with Crippen molar-refractivity contribution in [2.45, 2.75) is 0 Å². The van der Waals surface area contributed by atoms with Gasteiger partial charge in [0.2, 0.25) is 0 Å². The second kappa shape index (κ2) is 8.05. The molecule has 0 N–H and O–H groups in total. The summed E-state index contributed by atoms with van der Waals surface area (Å²) >= 11 is 0. The lowest BCUT2D eigenvalue weighted by Gasteiger charge is -2.11. The number of hydrogen-bond donors (Lipinski definition) is 0. The summed E-state index contributed by atoms with van der Waals surface area (Å²) in [6.07, 6.45) is 0. The topological polar surface area (TPSA) is 31.0 Å². The summed E-state index contributed by atoms with van der Waals surface area (Å²) in [4.78, 5) is 4.92. The van der Waals surface area contributed by atoms with Crippen LogP contribution in [0.25, 0.3) is 82.4 Å². The fraction of sp³-hybridized carbons (Fsp3) is 0. The molecule has 0 radical (unpaired) electrons. The molecule has 9 rings (SSSR count). The van der Waals surface area contributed by atoms with Crippen LogP contribution in [0.15, 0.2) is 138 Å². The van der Waals surface area contributed by atoms with Gasteiger partial charge in [-0.25, -0.2) is 4.98 Å². The fourth-order valence-electron chi connectivity index (χ4n) is 6.40. The molecule has 40 heavy (non-hydrogen) atoms. The number of pyridine rings is 1. The Balaban J connectivity index is 1.37. The van der Waals surface area contributed by atoms with Gasteiger partial charge in [0.15, 0.2) is 5.58 Å². The third kappa shape index (κ3) is 2.92. The van der Waals surface area contributed by atoms with Crippen molar-refractivity contribution < 1.29 is 4.42 Å². The van der Waals surface area contributed by atoms with E-state index in [0.717, 1.165) is 55.4 Å². The molecular weight excluding hydrogens is 488 g/mol. The molecule has 3 aromatic heterocycles. The molecule has 0 unspecified atom stereocenters. The lowest BCUT2D eigenvalue weighted by molar-refractivity contribution is 0.671. The number of furan rings is 1. The first kappa shape index (κ1) is 21.5. The second-order valence-corrected chi connectivity index (χ2v) is 10.4. The fourth-order valence-corrected chi connectivity index (χ4v) is 6.40. The maximum absolute atomic E-state index is 6.67. The molecule has 9 aromatic rings. The van der Waals surface area contributed by atoms with Crippen LogP contribution in [0.5, 0.6) is 0 Å². The second-order valence-electron chi connectivity index (χ2n) is 10.4. The molecule has 6 aromatic carbocycles. The van der Waals surface area contributed by atoms with Crippen LogP contribution in [0.3, 0.4) is 0 Å². The van der Waals surface area contributed by atoms with E-state index in [1.807, 2.05) is 18.2 Å². The van der Waals surface area contributed by atoms with Crippen molar-refractivity contribution >= 4 is 65.4 Å². The summed E-state index contributed by atoms with van der Waals surface area (Å²) in [5.41, 5.74) is 8.25. The van der Waals surface area contributed by atoms with Crippen LogP contribution in [0.4, 0.5) is 0 Å². The highest BCUT2D eigenvalue weighted by Crippen LogP contribution is 2.45. The average molecular weight is 511 g/mol. The van der Waals surface area contributed by atoms with Gasteiger partial charge in [0.1, 0.15) is 5.58 Å². The predicted molar refractivity (Wildman–Crippen MR) is 166 cm³/mol. The minimum atomic E-state index is 0.907. The van der Waals surface area contributed by atoms with Crippen molar-refractivity contribution in [3.05, 3.63) is 133 Å². The van der Waals surface area contributed by atoms with Crippen LogP contribution in [-0.2, 0) is 0 Å². The normalized spacial score (nSPS) is 12.0. The first-order valence-corrected chi connectivity index (χ1v) is 13.6. The first-order valence-electron chi connectivity index (χ1n) is 13.6. The Kier molecular flexibility index (Phi) is 4.33. The summed E-state index contributed by atoms with van der Waals surface area (Å²) in [6.45, 7) is 0. The zero-order valence-electron chi connectivity index (χ0n) is 21.5. The molecule has 0 bridgehead atoms. The van der Waals surface area contributed by atoms with Crippen molar-refractivity contribution in [2.24, 2.45) is 0 Å². The largest absolute Gasteiger partial charge is 0.454 e. The lowest BCUT2D eigenvalue weighted by atomic mass is 9.99. The third-order valence-corrected chi connectivity index (χ3v) is 8.17. The van der Waals surface area contributed by atoms with Crippen LogP contribution in [0, 0.1) is 0 Å². The lowest BCUT2D eigenvalue weighted by Crippen LogP contribution is -1.95. The molecule has 0 spiro atoms. The summed E-state index contributed by atoms with van der Waals surface area (Å²) in [7, 11) is 0. The van der Waals surface area contributed by atoms with Gasteiger partial charge in [-0.3, -0.25) is 0 Å². The SMILES string of the molecule is c1ccc2nc(-c3ccc(-n4c5ccccc5c5c6ccccc6c6c7ccccc7oc6c54)cc3)ccc2c1. The van der Waals surface area contributed by atoms with Gasteiger partial charge in [0.25, 0.3) is 0 Å². The molecule has 0 amide bonds. The van der Waals surface area contributed by atoms with E-state index in [4.69, 9.17) is 9.40 Å². The Labute approximate surface area is 229 Å². The van der Waals surface area contributed by atoms with Crippen LogP contribution in [-0.4, -0.2) is 9.55 Å². The Morgan fingerprint density at radius 3 is 2.05 bits per heavy atom. The quantitative estimate of drug-likeness (QED) is 0.232. The van der Waals surface area contributed by atoms with Gasteiger partial charge in [0.05, 0.1) is 22.2 Å². The van der Waals surface area contributed by atoms with E-state index in [-0.39, 0.29) is 0 Å². The van der Waals surface area contributed by atoms with Crippen molar-refractivity contribution in [3.63, 3.8) is 0 Å². The van der Waals surface area contributed by atoms with E-state index in [1.165, 1.54) is 26.9 Å². The van der Waals surface area contributed by atoms with Crippen molar-refractivity contribution in [3.8, 4) is 16.9 Å². The Morgan fingerprint density at radius 2 is 1.20 bits per heavy atom. The molecule has 0 aliphatic heterocycles. The zero-order chi connectivity index (χ0) is 26.2. The van der Waals surface area contributed by atoms with Gasteiger partial charge in [0, 0.05) is 38.2 Å². The standard InChI is InChI=1S/C37H22N2O/c1-6-14-30-23(9-1)19-22-31(38-30)24-17-20-25(21-18-24)39-32-15-7-4-12-28(32)34-26-10-2-3-11-27(26)35-29-13-5-8-16-33(29)40-37(35)36(34)39/h1-22H. The highest BCUT2D eigenvalue weighted by atomic mass is 16.3. The highest BCUT2D eigenvalue weighted by molar-refractivity contribution is 6.35. The molecule has 3 heterocycles. The van der Waals surface area contributed by atoms with E-state index in [0.29, 0.717) is 0 Å². The van der Waals surface area contributed by atoms with Gasteiger partial charge in [-0.1, -0.05) is 97.1 Å². The molecule has 0 aliphatic carbocycles. The first-order chi connectivity index (χ1) is 19.8. The van der Waals surface area contributed by atoms with Gasteiger partial charge < -0.3 is 8.98 Å². The third-order valence-electron chi connectivity index (χ3n) is 8.17. The van der Waals surface area contributed by atoms with Crippen LogP contribution >= 0.6 is 0 Å². The predicted octanol–water partition coefficient (Wildman–Crippen LogP) is 10.1. The van der Waals surface area contributed by atoms with Gasteiger partial charge >= 0.3 is 0 Å². The number of fused-ring (bicyclic) bond motifs is 11. The molecule has 0 atom stereocenters. The van der Waals surface area contributed by atoms with Gasteiger partial charge in [-0.2, -0.15) is 0 Å². The van der Waals surface area contributed by atoms with Crippen LogP contribution < -0.4 is 0 Å². The number of rotatable bonds is 2. The van der Waals surface area contributed by atoms with E-state index < -0.39 is 0 Å². The summed E-state index contributed by atoms with van der Waals surface area (Å²) in [5, 5.41) is 8.36. The minimum Gasteiger partial charge on any atom is -0.454 e. The minimum absolute atomic E-state index is 0.907. The van der Waals surface area contributed by atoms with Crippen molar-refractivity contribution in [1.29, 1.82) is 0 Å². The molecule has 186 valence electrons. The van der Waals surface area contributed by atoms with E-state index in [1.54, 1.807) is 0 Å². The Morgan fingerprint density at radius 1 is 0.525 bits per heavy atom. The number of nitrogens with zero attached hydrogens (tertiary/aromatic N) is 2. The Bertz CT molecular complexity index is 2430. The molecule has 0 aliphatic rings. The van der Waals surface area contributed by atoms with Crippen molar-refractivity contribution in [1.82, 2.24) is 9.55 Å². The maximum Gasteiger partial charge on any atom is 0.160 e. The number of aromatic nitrogens is 2. The van der Waals surface area contributed by atoms with E-state index in [2.05, 4.69) is 120 Å². The molecule has 0 fully saturated rings. The summed E-state index contributed by atoms with van der Waals surface area (Å²) < 4.78 is 9.03. The maximum atomic E-state index is 6.67. The van der Waals surface area contributed by atoms with Crippen molar-refractivity contribution in [2.75, 3.05) is 0 Å². The number of para-hydroxylation sites is 3. The number of hydrogen-bond acceptors (Lipinski definition) is 2. The molecule has 3 heteroatoms. The van der Waals surface area contributed by atoms with E-state index >= 15 is 0 Å². The molecular formula is C37H22N2O. The number of benzene rings is 6. The Hall–Kier alpha value is -5.41. The smallest absolute Gasteiger partial charge is 0.160 e. The molecule has 3 nitrogen and oxygen atoms in total. The summed E-state index contributed by atoms with van der Waals surface area (Å²) in [6, 6.07) is 47.0. The summed E-state index contributed by atoms with van der Waals surface area (Å²) in [5.74, 6) is 0. The molecule has 0 saturated heterocycles. The van der Waals surface area contributed by atoms with Crippen LogP contribution in [0.1, 0.15) is 0 Å². The average Bonchev–Trinajstić information content (AvgIpc) is 3.58. The highest BCUT2D eigenvalue weighted by Gasteiger charge is 2.22. The van der Waals surface area contributed by atoms with Crippen LogP contribution in [0.2, 0.25) is 0 Å². The monoisotopic (exact) mass is 510 g/mol. The van der Waals surface area contributed by atoms with Gasteiger partial charge in [-0.05, 0) is 47.2 Å². The zero-order valence-corrected chi connectivity index (χ0v) is 21.5. The van der Waals surface area contributed by atoms with E-state index in [9.17, 15) is 0 Å². The van der Waals surface area contributed by atoms with Gasteiger partial charge in [-0.15, -0.1) is 0 Å².